The second-order valence-electron chi connectivity index (χ2n) is 7.11. The number of nitrogens with one attached hydrogen (secondary N) is 1. The maximum absolute atomic E-state index is 10.4. The van der Waals surface area contributed by atoms with Gasteiger partial charge in [0.1, 0.15) is 0 Å². The van der Waals surface area contributed by atoms with Gasteiger partial charge in [0.25, 0.3) is 0 Å². The van der Waals surface area contributed by atoms with Crippen molar-refractivity contribution in [2.45, 2.75) is 32.0 Å². The highest BCUT2D eigenvalue weighted by atomic mass is 16.3. The van der Waals surface area contributed by atoms with Crippen molar-refractivity contribution in [2.75, 3.05) is 18.4 Å². The molecular weight excluding hydrogens is 286 g/mol. The van der Waals surface area contributed by atoms with Gasteiger partial charge >= 0.3 is 0 Å². The second-order valence-corrected chi connectivity index (χ2v) is 7.11. The molecule has 4 nitrogen and oxygen atoms in total. The van der Waals surface area contributed by atoms with Gasteiger partial charge < -0.3 is 10.4 Å². The van der Waals surface area contributed by atoms with E-state index in [-0.39, 0.29) is 0 Å². The summed E-state index contributed by atoms with van der Waals surface area (Å²) in [6.45, 7) is 2.00. The molecule has 1 saturated carbocycles. The van der Waals surface area contributed by atoms with Gasteiger partial charge in [0.2, 0.25) is 0 Å². The fourth-order valence-corrected chi connectivity index (χ4v) is 4.49. The van der Waals surface area contributed by atoms with Crippen LogP contribution in [0.5, 0.6) is 0 Å². The molecule has 0 bridgehead atoms. The molecule has 23 heavy (non-hydrogen) atoms. The van der Waals surface area contributed by atoms with Crippen molar-refractivity contribution in [3.05, 3.63) is 48.3 Å². The molecule has 3 aliphatic rings. The molecule has 3 unspecified atom stereocenters. The third-order valence-corrected chi connectivity index (χ3v) is 5.65. The van der Waals surface area contributed by atoms with Gasteiger partial charge in [-0.05, 0) is 55.6 Å². The van der Waals surface area contributed by atoms with Crippen molar-refractivity contribution >= 4 is 5.69 Å². The Kier molecular flexibility index (Phi) is 4.19. The third kappa shape index (κ3) is 3.19. The first-order valence-corrected chi connectivity index (χ1v) is 8.74. The average molecular weight is 311 g/mol. The van der Waals surface area contributed by atoms with E-state index in [1.807, 2.05) is 12.1 Å². The Morgan fingerprint density at radius 1 is 1.26 bits per heavy atom. The highest BCUT2D eigenvalue weighted by Gasteiger charge is 2.43. The quantitative estimate of drug-likeness (QED) is 0.839. The Labute approximate surface area is 137 Å². The van der Waals surface area contributed by atoms with Gasteiger partial charge in [0, 0.05) is 19.3 Å². The number of aromatic nitrogens is 1. The number of pyridine rings is 1. The number of anilines is 1. The molecule has 4 rings (SSSR count). The molecule has 2 aliphatic carbocycles. The van der Waals surface area contributed by atoms with Crippen molar-refractivity contribution in [1.29, 1.82) is 0 Å². The van der Waals surface area contributed by atoms with Gasteiger partial charge in [-0.3, -0.25) is 9.88 Å². The number of aliphatic hydroxyl groups is 1. The summed E-state index contributed by atoms with van der Waals surface area (Å²) in [5.41, 5.74) is 2.52. The summed E-state index contributed by atoms with van der Waals surface area (Å²) in [6.07, 6.45) is 14.7. The zero-order valence-electron chi connectivity index (χ0n) is 13.4. The summed E-state index contributed by atoms with van der Waals surface area (Å²) in [5.74, 6) is 2.25. The van der Waals surface area contributed by atoms with Crippen LogP contribution < -0.4 is 5.32 Å². The van der Waals surface area contributed by atoms with E-state index in [1.165, 1.54) is 25.7 Å². The van der Waals surface area contributed by atoms with Crippen LogP contribution in [0, 0.1) is 17.8 Å². The fraction of sp³-hybridized carbons (Fsp3) is 0.526. The largest absolute Gasteiger partial charge is 0.361 e. The van der Waals surface area contributed by atoms with Gasteiger partial charge in [-0.2, -0.15) is 0 Å². The van der Waals surface area contributed by atoms with Crippen LogP contribution in [0.2, 0.25) is 0 Å². The molecule has 4 heteroatoms. The first kappa shape index (κ1) is 14.9. The molecule has 0 amide bonds. The maximum Gasteiger partial charge on any atom is 0.184 e. The third-order valence-electron chi connectivity index (χ3n) is 5.65. The number of aliphatic hydroxyl groups excluding tert-OH is 1. The van der Waals surface area contributed by atoms with Crippen LogP contribution in [0.4, 0.5) is 5.69 Å². The minimum absolute atomic E-state index is 0.611. The monoisotopic (exact) mass is 311 g/mol. The van der Waals surface area contributed by atoms with E-state index < -0.39 is 6.35 Å². The number of hydrogen-bond acceptors (Lipinski definition) is 4. The smallest absolute Gasteiger partial charge is 0.184 e. The van der Waals surface area contributed by atoms with E-state index >= 15 is 0 Å². The van der Waals surface area contributed by atoms with Crippen molar-refractivity contribution < 1.29 is 5.11 Å². The van der Waals surface area contributed by atoms with E-state index in [9.17, 15) is 5.11 Å². The minimum atomic E-state index is -0.611. The van der Waals surface area contributed by atoms with Crippen molar-refractivity contribution in [3.8, 4) is 0 Å². The number of hydrogen-bond donors (Lipinski definition) is 2. The van der Waals surface area contributed by atoms with Crippen LogP contribution in [-0.2, 0) is 0 Å². The molecule has 0 aromatic carbocycles. The summed E-state index contributed by atoms with van der Waals surface area (Å²) in [4.78, 5) is 6.25. The molecule has 2 N–H and O–H groups in total. The van der Waals surface area contributed by atoms with Crippen LogP contribution in [0.15, 0.2) is 48.3 Å². The number of likely N-dealkylation sites (tertiary alicyclic amines) is 1. The molecular formula is C19H25N3O. The standard InChI is InChI=1S/C19H25N3O/c23-19(21-18-7-4-8-20-11-18)22-12-16-9-15(10-17(16)13-22)14-5-2-1-3-6-14/h1-2,4-5,7-8,11,15-17,19,21,23H,3,6,9-10,12-13H2. The number of fused-ring (bicyclic) bond motifs is 1. The number of rotatable bonds is 4. The summed E-state index contributed by atoms with van der Waals surface area (Å²) in [7, 11) is 0. The maximum atomic E-state index is 10.4. The SMILES string of the molecule is OC(Nc1cccnc1)N1CC2CC(C3=CC=CCC3)CC2C1. The molecule has 1 aliphatic heterocycles. The summed E-state index contributed by atoms with van der Waals surface area (Å²) in [6, 6.07) is 3.82. The average Bonchev–Trinajstić information content (AvgIpc) is 3.15. The number of nitrogens with zero attached hydrogens (tertiary/aromatic N) is 2. The lowest BCUT2D eigenvalue weighted by Gasteiger charge is -2.26. The summed E-state index contributed by atoms with van der Waals surface area (Å²) < 4.78 is 0. The van der Waals surface area contributed by atoms with E-state index in [2.05, 4.69) is 33.4 Å². The van der Waals surface area contributed by atoms with Crippen LogP contribution in [0.25, 0.3) is 0 Å². The Hall–Kier alpha value is -1.65. The molecule has 2 heterocycles. The molecule has 0 radical (unpaired) electrons. The van der Waals surface area contributed by atoms with Crippen LogP contribution in [-0.4, -0.2) is 34.4 Å². The molecule has 1 saturated heterocycles. The zero-order valence-corrected chi connectivity index (χ0v) is 13.4. The molecule has 1 aromatic rings. The topological polar surface area (TPSA) is 48.4 Å². The van der Waals surface area contributed by atoms with Gasteiger partial charge in [-0.25, -0.2) is 0 Å². The van der Waals surface area contributed by atoms with Gasteiger partial charge in [-0.15, -0.1) is 0 Å². The Morgan fingerprint density at radius 2 is 2.09 bits per heavy atom. The highest BCUT2D eigenvalue weighted by molar-refractivity contribution is 5.39. The lowest BCUT2D eigenvalue weighted by atomic mass is 9.89. The highest BCUT2D eigenvalue weighted by Crippen LogP contribution is 2.45. The van der Waals surface area contributed by atoms with Gasteiger partial charge in [0.15, 0.2) is 6.35 Å². The molecule has 122 valence electrons. The molecule has 2 fully saturated rings. The van der Waals surface area contributed by atoms with Gasteiger partial charge in [0.05, 0.1) is 11.9 Å². The Bertz CT molecular complexity index is 584. The van der Waals surface area contributed by atoms with E-state index in [1.54, 1.807) is 18.0 Å². The second kappa shape index (κ2) is 6.46. The van der Waals surface area contributed by atoms with Crippen molar-refractivity contribution in [1.82, 2.24) is 9.88 Å². The Balaban J connectivity index is 1.33. The van der Waals surface area contributed by atoms with Crippen LogP contribution in [0.3, 0.4) is 0 Å². The summed E-state index contributed by atoms with van der Waals surface area (Å²) in [5, 5.41) is 13.6. The van der Waals surface area contributed by atoms with Crippen LogP contribution in [0.1, 0.15) is 25.7 Å². The normalized spacial score (nSPS) is 31.7. The molecule has 1 aromatic heterocycles. The zero-order chi connectivity index (χ0) is 15.6. The van der Waals surface area contributed by atoms with E-state index in [4.69, 9.17) is 0 Å². The summed E-state index contributed by atoms with van der Waals surface area (Å²) >= 11 is 0. The fourth-order valence-electron chi connectivity index (χ4n) is 4.49. The molecule has 3 atom stereocenters. The first-order chi connectivity index (χ1) is 11.3. The van der Waals surface area contributed by atoms with Gasteiger partial charge in [-0.1, -0.05) is 23.8 Å². The lowest BCUT2D eigenvalue weighted by molar-refractivity contribution is 0.0376. The predicted molar refractivity (Wildman–Crippen MR) is 91.6 cm³/mol. The predicted octanol–water partition coefficient (Wildman–Crippen LogP) is 3.00. The first-order valence-electron chi connectivity index (χ1n) is 8.74. The van der Waals surface area contributed by atoms with Crippen molar-refractivity contribution in [2.24, 2.45) is 17.8 Å². The van der Waals surface area contributed by atoms with E-state index in [0.29, 0.717) is 0 Å². The number of allylic oxidation sites excluding steroid dienone is 4. The minimum Gasteiger partial charge on any atom is -0.361 e. The lowest BCUT2D eigenvalue weighted by Crippen LogP contribution is -2.40. The Morgan fingerprint density at radius 3 is 2.74 bits per heavy atom. The van der Waals surface area contributed by atoms with Crippen LogP contribution >= 0.6 is 0 Å². The molecule has 0 spiro atoms. The van der Waals surface area contributed by atoms with E-state index in [0.717, 1.165) is 36.5 Å². The van der Waals surface area contributed by atoms with Crippen molar-refractivity contribution in [3.63, 3.8) is 0 Å².